The summed E-state index contributed by atoms with van der Waals surface area (Å²) in [7, 11) is 1.69. The van der Waals surface area contributed by atoms with Gasteiger partial charge in [0.1, 0.15) is 17.9 Å². The van der Waals surface area contributed by atoms with E-state index < -0.39 is 0 Å². The van der Waals surface area contributed by atoms with Crippen molar-refractivity contribution in [3.8, 4) is 0 Å². The lowest BCUT2D eigenvalue weighted by Gasteiger charge is -2.23. The second-order valence-corrected chi connectivity index (χ2v) is 5.98. The summed E-state index contributed by atoms with van der Waals surface area (Å²) in [5.74, 6) is 0.915. The van der Waals surface area contributed by atoms with Gasteiger partial charge < -0.3 is 14.6 Å². The van der Waals surface area contributed by atoms with Gasteiger partial charge in [-0.15, -0.1) is 0 Å². The Morgan fingerprint density at radius 2 is 2.38 bits per heavy atom. The molecule has 0 radical (unpaired) electrons. The molecule has 1 N–H and O–H groups in total. The second-order valence-electron chi connectivity index (χ2n) is 5.54. The summed E-state index contributed by atoms with van der Waals surface area (Å²) in [5.41, 5.74) is 1.73. The van der Waals surface area contributed by atoms with Crippen LogP contribution in [0.1, 0.15) is 31.5 Å². The Morgan fingerprint density at radius 3 is 3.14 bits per heavy atom. The number of hydrogen-bond donors (Lipinski definition) is 1. The molecule has 1 fully saturated rings. The molecule has 0 saturated carbocycles. The molecule has 1 atom stereocenters. The first kappa shape index (κ1) is 14.8. The zero-order valence-electron chi connectivity index (χ0n) is 12.3. The number of ether oxygens (including phenoxy) is 1. The Labute approximate surface area is 129 Å². The number of imidazole rings is 1. The third kappa shape index (κ3) is 3.36. The molecule has 1 aliphatic rings. The van der Waals surface area contributed by atoms with Gasteiger partial charge in [-0.1, -0.05) is 18.0 Å². The summed E-state index contributed by atoms with van der Waals surface area (Å²) in [4.78, 5) is 9.04. The van der Waals surface area contributed by atoms with E-state index in [9.17, 15) is 0 Å². The van der Waals surface area contributed by atoms with Crippen LogP contribution in [0.5, 0.6) is 0 Å². The van der Waals surface area contributed by atoms with Crippen LogP contribution in [0, 0.1) is 0 Å². The largest absolute Gasteiger partial charge is 0.377 e. The molecule has 1 unspecified atom stereocenters. The van der Waals surface area contributed by atoms with Gasteiger partial charge in [0.2, 0.25) is 0 Å². The lowest BCUT2D eigenvalue weighted by molar-refractivity contribution is 0.174. The first-order valence-electron chi connectivity index (χ1n) is 7.51. The maximum Gasteiger partial charge on any atom is 0.160 e. The van der Waals surface area contributed by atoms with Crippen LogP contribution in [-0.2, 0) is 17.9 Å². The van der Waals surface area contributed by atoms with Gasteiger partial charge in [-0.3, -0.25) is 0 Å². The van der Waals surface area contributed by atoms with Gasteiger partial charge in [-0.2, -0.15) is 0 Å². The van der Waals surface area contributed by atoms with E-state index in [0.717, 1.165) is 36.5 Å². The van der Waals surface area contributed by atoms with Crippen LogP contribution >= 0.6 is 11.6 Å². The van der Waals surface area contributed by atoms with Crippen LogP contribution in [0.25, 0.3) is 11.2 Å². The van der Waals surface area contributed by atoms with E-state index in [1.165, 1.54) is 19.3 Å². The number of nitrogens with zero attached hydrogens (tertiary/aromatic N) is 3. The molecule has 114 valence electrons. The van der Waals surface area contributed by atoms with E-state index in [2.05, 4.69) is 19.9 Å². The van der Waals surface area contributed by atoms with E-state index in [1.807, 2.05) is 6.07 Å². The van der Waals surface area contributed by atoms with Crippen molar-refractivity contribution >= 4 is 22.8 Å². The molecule has 2 aromatic rings. The Morgan fingerprint density at radius 1 is 1.48 bits per heavy atom. The van der Waals surface area contributed by atoms with Gasteiger partial charge in [0, 0.05) is 25.9 Å². The van der Waals surface area contributed by atoms with Crippen molar-refractivity contribution in [3.05, 3.63) is 23.1 Å². The number of pyridine rings is 1. The smallest absolute Gasteiger partial charge is 0.160 e. The summed E-state index contributed by atoms with van der Waals surface area (Å²) in [6.45, 7) is 2.53. The van der Waals surface area contributed by atoms with Gasteiger partial charge in [-0.05, 0) is 31.9 Å². The molecule has 0 aromatic carbocycles. The molecule has 21 heavy (non-hydrogen) atoms. The third-order valence-electron chi connectivity index (χ3n) is 4.02. The van der Waals surface area contributed by atoms with Crippen molar-refractivity contribution in [2.45, 2.75) is 44.9 Å². The Kier molecular flexibility index (Phi) is 4.73. The maximum atomic E-state index is 6.00. The van der Waals surface area contributed by atoms with Crippen LogP contribution in [0.15, 0.2) is 12.3 Å². The molecule has 6 heteroatoms. The van der Waals surface area contributed by atoms with Crippen molar-refractivity contribution < 1.29 is 4.74 Å². The van der Waals surface area contributed by atoms with Crippen LogP contribution in [0.4, 0.5) is 0 Å². The molecule has 3 rings (SSSR count). The van der Waals surface area contributed by atoms with Gasteiger partial charge in [0.05, 0.1) is 5.02 Å². The van der Waals surface area contributed by atoms with E-state index >= 15 is 0 Å². The first-order chi connectivity index (χ1) is 10.3. The van der Waals surface area contributed by atoms with Crippen molar-refractivity contribution in [2.75, 3.05) is 13.7 Å². The molecule has 0 spiro atoms. The SMILES string of the molecule is COCc1nc2cc(Cl)cnc2n1CCC1CCCCN1. The Balaban J connectivity index is 1.82. The minimum atomic E-state index is 0.492. The van der Waals surface area contributed by atoms with Crippen LogP contribution in [-0.4, -0.2) is 34.2 Å². The standard InChI is InChI=1S/C15H21ClN4O/c1-21-10-14-19-13-8-11(16)9-18-15(13)20(14)7-5-12-4-2-3-6-17-12/h8-9,12,17H,2-7,10H2,1H3. The van der Waals surface area contributed by atoms with E-state index in [1.54, 1.807) is 13.3 Å². The van der Waals surface area contributed by atoms with Gasteiger partial charge in [0.25, 0.3) is 0 Å². The zero-order chi connectivity index (χ0) is 14.7. The van der Waals surface area contributed by atoms with E-state index in [0.29, 0.717) is 17.7 Å². The third-order valence-corrected chi connectivity index (χ3v) is 4.22. The summed E-state index contributed by atoms with van der Waals surface area (Å²) >= 11 is 6.00. The highest BCUT2D eigenvalue weighted by molar-refractivity contribution is 6.31. The van der Waals surface area contributed by atoms with Crippen molar-refractivity contribution in [3.63, 3.8) is 0 Å². The fourth-order valence-corrected chi connectivity index (χ4v) is 3.11. The minimum Gasteiger partial charge on any atom is -0.377 e. The topological polar surface area (TPSA) is 52.0 Å². The number of fused-ring (bicyclic) bond motifs is 1. The predicted molar refractivity (Wildman–Crippen MR) is 83.5 cm³/mol. The number of aryl methyl sites for hydroxylation is 1. The molecule has 3 heterocycles. The number of rotatable bonds is 5. The van der Waals surface area contributed by atoms with Crippen molar-refractivity contribution in [1.29, 1.82) is 0 Å². The molecule has 0 aliphatic carbocycles. The predicted octanol–water partition coefficient (Wildman–Crippen LogP) is 2.76. The van der Waals surface area contributed by atoms with Crippen molar-refractivity contribution in [1.82, 2.24) is 19.9 Å². The number of aromatic nitrogens is 3. The molecular weight excluding hydrogens is 288 g/mol. The van der Waals surface area contributed by atoms with Gasteiger partial charge >= 0.3 is 0 Å². The second kappa shape index (κ2) is 6.73. The summed E-state index contributed by atoms with van der Waals surface area (Å²) < 4.78 is 7.42. The van der Waals surface area contributed by atoms with Gasteiger partial charge in [0.15, 0.2) is 5.65 Å². The number of halogens is 1. The van der Waals surface area contributed by atoms with Crippen LogP contribution < -0.4 is 5.32 Å². The number of hydrogen-bond acceptors (Lipinski definition) is 4. The minimum absolute atomic E-state index is 0.492. The summed E-state index contributed by atoms with van der Waals surface area (Å²) in [6.07, 6.45) is 6.64. The molecule has 1 saturated heterocycles. The van der Waals surface area contributed by atoms with Crippen LogP contribution in [0.3, 0.4) is 0 Å². The molecular formula is C15H21ClN4O. The molecule has 0 amide bonds. The highest BCUT2D eigenvalue weighted by atomic mass is 35.5. The summed E-state index contributed by atoms with van der Waals surface area (Å²) in [5, 5.41) is 4.20. The van der Waals surface area contributed by atoms with E-state index in [4.69, 9.17) is 16.3 Å². The van der Waals surface area contributed by atoms with Crippen molar-refractivity contribution in [2.24, 2.45) is 0 Å². The molecule has 1 aliphatic heterocycles. The lowest BCUT2D eigenvalue weighted by atomic mass is 10.0. The Hall–Kier alpha value is -1.17. The number of nitrogens with one attached hydrogen (secondary N) is 1. The fourth-order valence-electron chi connectivity index (χ4n) is 2.96. The average Bonchev–Trinajstić information content (AvgIpc) is 2.83. The number of methoxy groups -OCH3 is 1. The van der Waals surface area contributed by atoms with E-state index in [-0.39, 0.29) is 0 Å². The lowest BCUT2D eigenvalue weighted by Crippen LogP contribution is -2.34. The van der Waals surface area contributed by atoms with Gasteiger partial charge in [-0.25, -0.2) is 9.97 Å². The number of piperidine rings is 1. The first-order valence-corrected chi connectivity index (χ1v) is 7.88. The Bertz CT molecular complexity index is 607. The highest BCUT2D eigenvalue weighted by Gasteiger charge is 2.16. The molecule has 5 nitrogen and oxygen atoms in total. The fraction of sp³-hybridized carbons (Fsp3) is 0.600. The molecule has 0 bridgehead atoms. The maximum absolute atomic E-state index is 6.00. The van der Waals surface area contributed by atoms with Crippen LogP contribution in [0.2, 0.25) is 5.02 Å². The molecule has 2 aromatic heterocycles. The zero-order valence-corrected chi connectivity index (χ0v) is 13.1. The quantitative estimate of drug-likeness (QED) is 0.923. The average molecular weight is 309 g/mol. The normalized spacial score (nSPS) is 19.2. The highest BCUT2D eigenvalue weighted by Crippen LogP contribution is 2.20. The monoisotopic (exact) mass is 308 g/mol. The summed E-state index contributed by atoms with van der Waals surface area (Å²) in [6, 6.07) is 2.46.